The van der Waals surface area contributed by atoms with Gasteiger partial charge in [0.05, 0.1) is 22.7 Å². The number of benzene rings is 1. The van der Waals surface area contributed by atoms with E-state index in [-0.39, 0.29) is 12.1 Å². The van der Waals surface area contributed by atoms with E-state index in [1.54, 1.807) is 4.90 Å². The van der Waals surface area contributed by atoms with Gasteiger partial charge in [-0.2, -0.15) is 13.2 Å². The van der Waals surface area contributed by atoms with Crippen LogP contribution in [0.4, 0.5) is 19.1 Å². The van der Waals surface area contributed by atoms with Gasteiger partial charge in [-0.3, -0.25) is 9.36 Å². The van der Waals surface area contributed by atoms with Crippen LogP contribution in [0, 0.1) is 0 Å². The van der Waals surface area contributed by atoms with Crippen molar-refractivity contribution in [1.82, 2.24) is 19.7 Å². The molecule has 0 N–H and O–H groups in total. The maximum Gasteiger partial charge on any atom is 0.417 e. The second kappa shape index (κ2) is 6.21. The number of aromatic nitrogens is 3. The molecular formula is C15H15ClF3N5O. The summed E-state index contributed by atoms with van der Waals surface area (Å²) in [5, 5.41) is 7.52. The van der Waals surface area contributed by atoms with Gasteiger partial charge in [0.15, 0.2) is 5.82 Å². The van der Waals surface area contributed by atoms with E-state index in [1.165, 1.54) is 17.0 Å². The van der Waals surface area contributed by atoms with Crippen molar-refractivity contribution in [1.29, 1.82) is 0 Å². The third-order valence-electron chi connectivity index (χ3n) is 3.96. The van der Waals surface area contributed by atoms with Crippen LogP contribution in [0.2, 0.25) is 5.02 Å². The third-order valence-corrected chi connectivity index (χ3v) is 4.36. The van der Waals surface area contributed by atoms with Crippen LogP contribution in [-0.4, -0.2) is 46.2 Å². The van der Waals surface area contributed by atoms with Crippen LogP contribution in [0.5, 0.6) is 0 Å². The molecule has 0 saturated carbocycles. The molecule has 0 fully saturated rings. The average molecular weight is 374 g/mol. The molecule has 1 aromatic carbocycles. The van der Waals surface area contributed by atoms with Gasteiger partial charge in [0.25, 0.3) is 5.91 Å². The third kappa shape index (κ3) is 3.15. The van der Waals surface area contributed by atoms with E-state index in [0.29, 0.717) is 24.9 Å². The molecule has 1 aliphatic rings. The lowest BCUT2D eigenvalue weighted by atomic mass is 10.1. The Bertz CT molecular complexity index is 818. The van der Waals surface area contributed by atoms with Crippen LogP contribution in [0.15, 0.2) is 18.2 Å². The number of nitrogens with zero attached hydrogens (tertiary/aromatic N) is 5. The number of rotatable bonds is 2. The zero-order chi connectivity index (χ0) is 18.4. The second-order valence-electron chi connectivity index (χ2n) is 5.85. The smallest absolute Gasteiger partial charge is 0.347 e. The fourth-order valence-electron chi connectivity index (χ4n) is 2.73. The minimum absolute atomic E-state index is 0.159. The quantitative estimate of drug-likeness (QED) is 0.812. The van der Waals surface area contributed by atoms with Crippen LogP contribution in [0.1, 0.15) is 21.7 Å². The number of carbonyl (C=O) groups excluding carboxylic acids is 1. The molecule has 134 valence electrons. The van der Waals surface area contributed by atoms with Crippen LogP contribution < -0.4 is 4.90 Å². The number of anilines is 1. The van der Waals surface area contributed by atoms with Crippen molar-refractivity contribution in [2.75, 3.05) is 25.5 Å². The minimum Gasteiger partial charge on any atom is -0.347 e. The van der Waals surface area contributed by atoms with Gasteiger partial charge >= 0.3 is 6.18 Å². The Morgan fingerprint density at radius 1 is 1.24 bits per heavy atom. The summed E-state index contributed by atoms with van der Waals surface area (Å²) in [6.45, 7) is 0.946. The molecule has 0 radical (unpaired) electrons. The van der Waals surface area contributed by atoms with E-state index >= 15 is 0 Å². The molecule has 0 unspecified atom stereocenters. The molecule has 0 atom stereocenters. The van der Waals surface area contributed by atoms with Crippen molar-refractivity contribution >= 4 is 23.5 Å². The maximum absolute atomic E-state index is 13.0. The Kier molecular flexibility index (Phi) is 4.36. The van der Waals surface area contributed by atoms with E-state index in [4.69, 9.17) is 11.6 Å². The van der Waals surface area contributed by atoms with Crippen molar-refractivity contribution in [2.24, 2.45) is 0 Å². The highest BCUT2D eigenvalue weighted by Gasteiger charge is 2.35. The minimum atomic E-state index is -4.62. The summed E-state index contributed by atoms with van der Waals surface area (Å²) in [7, 11) is 3.66. The molecule has 1 aromatic heterocycles. The molecular weight excluding hydrogens is 359 g/mol. The Labute approximate surface area is 146 Å². The highest BCUT2D eigenvalue weighted by Crippen LogP contribution is 2.36. The molecule has 0 bridgehead atoms. The van der Waals surface area contributed by atoms with Crippen molar-refractivity contribution in [3.63, 3.8) is 0 Å². The number of halogens is 4. The van der Waals surface area contributed by atoms with Crippen LogP contribution >= 0.6 is 11.6 Å². The van der Waals surface area contributed by atoms with Crippen LogP contribution in [0.3, 0.4) is 0 Å². The number of alkyl halides is 3. The van der Waals surface area contributed by atoms with Gasteiger partial charge in [-0.15, -0.1) is 10.2 Å². The van der Waals surface area contributed by atoms with Gasteiger partial charge in [-0.05, 0) is 12.1 Å². The van der Waals surface area contributed by atoms with Crippen LogP contribution in [0.25, 0.3) is 0 Å². The van der Waals surface area contributed by atoms with Gasteiger partial charge in [-0.25, -0.2) is 0 Å². The summed E-state index contributed by atoms with van der Waals surface area (Å²) in [5.74, 6) is 0.683. The van der Waals surface area contributed by atoms with Crippen molar-refractivity contribution in [2.45, 2.75) is 19.3 Å². The fraction of sp³-hybridized carbons (Fsp3) is 0.400. The molecule has 2 aromatic rings. The van der Waals surface area contributed by atoms with E-state index in [9.17, 15) is 18.0 Å². The molecule has 1 aliphatic heterocycles. The van der Waals surface area contributed by atoms with Gasteiger partial charge < -0.3 is 9.80 Å². The first-order valence-electron chi connectivity index (χ1n) is 7.44. The maximum atomic E-state index is 13.0. The second-order valence-corrected chi connectivity index (χ2v) is 6.23. The summed E-state index contributed by atoms with van der Waals surface area (Å²) >= 11 is 5.85. The molecule has 0 spiro atoms. The lowest BCUT2D eigenvalue weighted by Crippen LogP contribution is -2.39. The summed E-state index contributed by atoms with van der Waals surface area (Å²) in [6, 6.07) is 3.33. The Morgan fingerprint density at radius 3 is 2.60 bits per heavy atom. The van der Waals surface area contributed by atoms with Gasteiger partial charge in [0.1, 0.15) is 0 Å². The number of carbonyl (C=O) groups is 1. The Balaban J connectivity index is 1.88. The largest absolute Gasteiger partial charge is 0.417 e. The lowest BCUT2D eigenvalue weighted by molar-refractivity contribution is -0.137. The number of hydrogen-bond acceptors (Lipinski definition) is 4. The highest BCUT2D eigenvalue weighted by atomic mass is 35.5. The summed E-state index contributed by atoms with van der Waals surface area (Å²) < 4.78 is 40.8. The molecule has 10 heteroatoms. The standard InChI is InChI=1S/C15H15ClF3N5O/c1-22(2)14-21-20-11-8-23(6-7-24(11)14)13(25)9-4-3-5-10(12(9)16)15(17,18)19/h3-5H,6-8H2,1-2H3. The topological polar surface area (TPSA) is 54.3 Å². The van der Waals surface area contributed by atoms with E-state index in [1.807, 2.05) is 18.7 Å². The summed E-state index contributed by atoms with van der Waals surface area (Å²) in [5.41, 5.74) is -1.19. The zero-order valence-electron chi connectivity index (χ0n) is 13.5. The monoisotopic (exact) mass is 373 g/mol. The fourth-order valence-corrected chi connectivity index (χ4v) is 3.05. The number of amides is 1. The SMILES string of the molecule is CN(C)c1nnc2n1CCN(C(=O)c1cccc(C(F)(F)F)c1Cl)C2. The zero-order valence-corrected chi connectivity index (χ0v) is 14.3. The van der Waals surface area contributed by atoms with E-state index < -0.39 is 22.7 Å². The van der Waals surface area contributed by atoms with Gasteiger partial charge in [-0.1, -0.05) is 17.7 Å². The first kappa shape index (κ1) is 17.5. The average Bonchev–Trinajstić information content (AvgIpc) is 2.96. The molecule has 6 nitrogen and oxygen atoms in total. The van der Waals surface area contributed by atoms with Crippen LogP contribution in [-0.2, 0) is 19.3 Å². The molecule has 2 heterocycles. The molecule has 25 heavy (non-hydrogen) atoms. The Morgan fingerprint density at radius 2 is 1.96 bits per heavy atom. The lowest BCUT2D eigenvalue weighted by Gasteiger charge is -2.29. The first-order valence-corrected chi connectivity index (χ1v) is 7.82. The summed E-state index contributed by atoms with van der Waals surface area (Å²) in [6.07, 6.45) is -4.62. The Hall–Kier alpha value is -2.29. The molecule has 1 amide bonds. The van der Waals surface area contributed by atoms with Crippen molar-refractivity contribution in [3.05, 3.63) is 40.2 Å². The molecule has 0 aliphatic carbocycles. The van der Waals surface area contributed by atoms with Gasteiger partial charge in [0, 0.05) is 27.2 Å². The normalized spacial score (nSPS) is 14.4. The van der Waals surface area contributed by atoms with Gasteiger partial charge in [0.2, 0.25) is 5.95 Å². The predicted molar refractivity (Wildman–Crippen MR) is 85.5 cm³/mol. The predicted octanol–water partition coefficient (Wildman–Crippen LogP) is 2.67. The van der Waals surface area contributed by atoms with E-state index in [0.717, 1.165) is 6.07 Å². The number of fused-ring (bicyclic) bond motifs is 1. The molecule has 3 rings (SSSR count). The highest BCUT2D eigenvalue weighted by molar-refractivity contribution is 6.34. The van der Waals surface area contributed by atoms with Crippen molar-refractivity contribution < 1.29 is 18.0 Å². The van der Waals surface area contributed by atoms with E-state index in [2.05, 4.69) is 10.2 Å². The first-order chi connectivity index (χ1) is 11.7. The van der Waals surface area contributed by atoms with Crippen molar-refractivity contribution in [3.8, 4) is 0 Å². The molecule has 0 saturated heterocycles. The summed E-state index contributed by atoms with van der Waals surface area (Å²) in [4.78, 5) is 15.9. The number of hydrogen-bond donors (Lipinski definition) is 0.